The van der Waals surface area contributed by atoms with Crippen LogP contribution in [0.15, 0.2) is 18.3 Å². The average Bonchev–Trinajstić information content (AvgIpc) is 3.20. The Bertz CT molecular complexity index is 526. The van der Waals surface area contributed by atoms with Gasteiger partial charge in [-0.15, -0.1) is 0 Å². The smallest absolute Gasteiger partial charge is 0.270 e. The SMILES string of the molecule is NC(=S)c1ccc(C(=O)NC2CCN(C3CC3)C2)nc1. The van der Waals surface area contributed by atoms with Crippen LogP contribution in [-0.2, 0) is 0 Å². The third-order valence-electron chi connectivity index (χ3n) is 3.90. The van der Waals surface area contributed by atoms with E-state index < -0.39 is 0 Å². The van der Waals surface area contributed by atoms with E-state index in [0.29, 0.717) is 16.2 Å². The lowest BCUT2D eigenvalue weighted by molar-refractivity contribution is 0.0932. The zero-order valence-electron chi connectivity index (χ0n) is 11.2. The molecule has 2 fully saturated rings. The van der Waals surface area contributed by atoms with Crippen LogP contribution in [-0.4, -0.2) is 46.0 Å². The maximum absolute atomic E-state index is 12.1. The van der Waals surface area contributed by atoms with Crippen LogP contribution >= 0.6 is 12.2 Å². The van der Waals surface area contributed by atoms with Gasteiger partial charge in [0.05, 0.1) is 0 Å². The van der Waals surface area contributed by atoms with Gasteiger partial charge in [-0.3, -0.25) is 14.7 Å². The molecule has 1 aromatic heterocycles. The molecule has 3 N–H and O–H groups in total. The number of nitrogens with two attached hydrogens (primary N) is 1. The fourth-order valence-corrected chi connectivity index (χ4v) is 2.73. The lowest BCUT2D eigenvalue weighted by Crippen LogP contribution is -2.37. The van der Waals surface area contributed by atoms with E-state index in [2.05, 4.69) is 15.2 Å². The summed E-state index contributed by atoms with van der Waals surface area (Å²) in [6, 6.07) is 4.40. The molecule has 5 nitrogen and oxygen atoms in total. The van der Waals surface area contributed by atoms with Crippen molar-refractivity contribution in [1.29, 1.82) is 0 Å². The maximum atomic E-state index is 12.1. The summed E-state index contributed by atoms with van der Waals surface area (Å²) in [6.45, 7) is 2.05. The maximum Gasteiger partial charge on any atom is 0.270 e. The highest BCUT2D eigenvalue weighted by molar-refractivity contribution is 7.80. The predicted octanol–water partition coefficient (Wildman–Crippen LogP) is 0.682. The Hall–Kier alpha value is -1.53. The molecular formula is C14H18N4OS. The van der Waals surface area contributed by atoms with E-state index in [9.17, 15) is 4.79 Å². The number of pyridine rings is 1. The van der Waals surface area contributed by atoms with Gasteiger partial charge in [-0.25, -0.2) is 0 Å². The van der Waals surface area contributed by atoms with Crippen molar-refractivity contribution in [3.8, 4) is 0 Å². The first-order chi connectivity index (χ1) is 9.63. The molecule has 1 atom stereocenters. The Kier molecular flexibility index (Phi) is 3.67. The molecule has 106 valence electrons. The number of carbonyl (C=O) groups excluding carboxylic acids is 1. The summed E-state index contributed by atoms with van der Waals surface area (Å²) >= 11 is 4.86. The van der Waals surface area contributed by atoms with Crippen LogP contribution in [0.4, 0.5) is 0 Å². The van der Waals surface area contributed by atoms with E-state index >= 15 is 0 Å². The summed E-state index contributed by atoms with van der Waals surface area (Å²) in [5, 5.41) is 3.05. The van der Waals surface area contributed by atoms with Crippen molar-refractivity contribution < 1.29 is 4.79 Å². The summed E-state index contributed by atoms with van der Waals surface area (Å²) in [4.78, 5) is 19.0. The lowest BCUT2D eigenvalue weighted by Gasteiger charge is -2.15. The van der Waals surface area contributed by atoms with E-state index in [4.69, 9.17) is 18.0 Å². The molecule has 1 amide bonds. The molecule has 0 aromatic carbocycles. The van der Waals surface area contributed by atoms with Crippen molar-refractivity contribution in [2.45, 2.75) is 31.3 Å². The number of aromatic nitrogens is 1. The molecule has 1 saturated heterocycles. The number of hydrogen-bond donors (Lipinski definition) is 2. The molecule has 6 heteroatoms. The van der Waals surface area contributed by atoms with Crippen LogP contribution in [0.2, 0.25) is 0 Å². The second-order valence-corrected chi connectivity index (χ2v) is 5.92. The third kappa shape index (κ3) is 2.96. The first kappa shape index (κ1) is 13.5. The Labute approximate surface area is 123 Å². The summed E-state index contributed by atoms with van der Waals surface area (Å²) in [6.07, 6.45) is 5.18. The largest absolute Gasteiger partial charge is 0.389 e. The summed E-state index contributed by atoms with van der Waals surface area (Å²) in [7, 11) is 0. The van der Waals surface area contributed by atoms with Gasteiger partial charge in [0.2, 0.25) is 0 Å². The van der Waals surface area contributed by atoms with Crippen molar-refractivity contribution in [3.63, 3.8) is 0 Å². The molecule has 1 aliphatic carbocycles. The highest BCUT2D eigenvalue weighted by atomic mass is 32.1. The number of nitrogens with one attached hydrogen (secondary N) is 1. The van der Waals surface area contributed by atoms with Crippen LogP contribution in [0.3, 0.4) is 0 Å². The summed E-state index contributed by atoms with van der Waals surface area (Å²) in [5.74, 6) is -0.123. The minimum Gasteiger partial charge on any atom is -0.389 e. The van der Waals surface area contributed by atoms with Gasteiger partial charge in [0.25, 0.3) is 5.91 Å². The number of nitrogens with zero attached hydrogens (tertiary/aromatic N) is 2. The molecule has 1 aliphatic heterocycles. The van der Waals surface area contributed by atoms with Crippen LogP contribution in [0.1, 0.15) is 35.3 Å². The predicted molar refractivity (Wildman–Crippen MR) is 80.6 cm³/mol. The third-order valence-corrected chi connectivity index (χ3v) is 4.13. The topological polar surface area (TPSA) is 71.2 Å². The van der Waals surface area contributed by atoms with Gasteiger partial charge in [0.1, 0.15) is 10.7 Å². The van der Waals surface area contributed by atoms with Crippen molar-refractivity contribution in [3.05, 3.63) is 29.6 Å². The Morgan fingerprint density at radius 2 is 2.20 bits per heavy atom. The van der Waals surface area contributed by atoms with E-state index in [1.54, 1.807) is 18.3 Å². The van der Waals surface area contributed by atoms with E-state index in [-0.39, 0.29) is 11.9 Å². The monoisotopic (exact) mass is 290 g/mol. The molecule has 0 bridgehead atoms. The van der Waals surface area contributed by atoms with Crippen molar-refractivity contribution in [1.82, 2.24) is 15.2 Å². The Balaban J connectivity index is 1.57. The van der Waals surface area contributed by atoms with E-state index in [0.717, 1.165) is 25.6 Å². The first-order valence-corrected chi connectivity index (χ1v) is 7.35. The van der Waals surface area contributed by atoms with Gasteiger partial charge in [-0.1, -0.05) is 12.2 Å². The highest BCUT2D eigenvalue weighted by Gasteiger charge is 2.34. The van der Waals surface area contributed by atoms with Crippen LogP contribution in [0, 0.1) is 0 Å². The zero-order chi connectivity index (χ0) is 14.1. The quantitative estimate of drug-likeness (QED) is 0.798. The van der Waals surface area contributed by atoms with Crippen LogP contribution < -0.4 is 11.1 Å². The second-order valence-electron chi connectivity index (χ2n) is 5.48. The number of carbonyl (C=O) groups is 1. The fourth-order valence-electron chi connectivity index (χ4n) is 2.61. The van der Waals surface area contributed by atoms with Gasteiger partial charge >= 0.3 is 0 Å². The minimum absolute atomic E-state index is 0.123. The molecule has 20 heavy (non-hydrogen) atoms. The van der Waals surface area contributed by atoms with Crippen LogP contribution in [0.5, 0.6) is 0 Å². The molecule has 2 aliphatic rings. The molecule has 1 saturated carbocycles. The Morgan fingerprint density at radius 3 is 2.80 bits per heavy atom. The summed E-state index contributed by atoms with van der Waals surface area (Å²) in [5.41, 5.74) is 6.60. The molecule has 0 spiro atoms. The average molecular weight is 290 g/mol. The highest BCUT2D eigenvalue weighted by Crippen LogP contribution is 2.29. The molecule has 0 radical (unpaired) electrons. The summed E-state index contributed by atoms with van der Waals surface area (Å²) < 4.78 is 0. The standard InChI is InChI=1S/C14H18N4OS/c15-13(20)9-1-4-12(16-7-9)14(19)17-10-5-6-18(8-10)11-2-3-11/h1,4,7,10-11H,2-3,5-6,8H2,(H2,15,20)(H,17,19). The van der Waals surface area contributed by atoms with Gasteiger partial charge < -0.3 is 11.1 Å². The van der Waals surface area contributed by atoms with E-state index in [1.807, 2.05) is 0 Å². The lowest BCUT2D eigenvalue weighted by atomic mass is 10.2. The van der Waals surface area contributed by atoms with Crippen LogP contribution in [0.25, 0.3) is 0 Å². The number of thiocarbonyl (C=S) groups is 1. The number of rotatable bonds is 4. The van der Waals surface area contributed by atoms with E-state index in [1.165, 1.54) is 12.8 Å². The van der Waals surface area contributed by atoms with Gasteiger partial charge in [-0.05, 0) is 31.4 Å². The normalized spacial score (nSPS) is 22.7. The number of amides is 1. The molecule has 2 heterocycles. The van der Waals surface area contributed by atoms with Gasteiger partial charge in [0, 0.05) is 36.9 Å². The molecule has 1 unspecified atom stereocenters. The van der Waals surface area contributed by atoms with Crippen molar-refractivity contribution in [2.75, 3.05) is 13.1 Å². The number of hydrogen-bond acceptors (Lipinski definition) is 4. The molecule has 1 aromatic rings. The van der Waals surface area contributed by atoms with Crippen molar-refractivity contribution >= 4 is 23.1 Å². The molecular weight excluding hydrogens is 272 g/mol. The number of likely N-dealkylation sites (tertiary alicyclic amines) is 1. The second kappa shape index (κ2) is 5.46. The first-order valence-electron chi connectivity index (χ1n) is 6.94. The Morgan fingerprint density at radius 1 is 1.40 bits per heavy atom. The van der Waals surface area contributed by atoms with Crippen molar-refractivity contribution in [2.24, 2.45) is 5.73 Å². The minimum atomic E-state index is -0.123. The zero-order valence-corrected chi connectivity index (χ0v) is 12.0. The van der Waals surface area contributed by atoms with Gasteiger partial charge in [-0.2, -0.15) is 0 Å². The van der Waals surface area contributed by atoms with Gasteiger partial charge in [0.15, 0.2) is 0 Å². The fraction of sp³-hybridized carbons (Fsp3) is 0.500. The molecule has 3 rings (SSSR count).